The van der Waals surface area contributed by atoms with Gasteiger partial charge in [-0.3, -0.25) is 9.59 Å². The second-order valence-corrected chi connectivity index (χ2v) is 7.45. The van der Waals surface area contributed by atoms with Gasteiger partial charge in [-0.15, -0.1) is 0 Å². The number of likely N-dealkylation sites (tertiary alicyclic amines) is 1. The van der Waals surface area contributed by atoms with Crippen molar-refractivity contribution in [2.75, 3.05) is 13.1 Å². The summed E-state index contributed by atoms with van der Waals surface area (Å²) in [6.45, 7) is 5.29. The van der Waals surface area contributed by atoms with Crippen molar-refractivity contribution in [1.82, 2.24) is 20.2 Å². The van der Waals surface area contributed by atoms with Crippen molar-refractivity contribution in [3.8, 4) is 0 Å². The molecule has 1 aromatic heterocycles. The molecule has 2 aromatic carbocycles. The Balaban J connectivity index is 1.63. The minimum atomic E-state index is -0.705. The molecule has 29 heavy (non-hydrogen) atoms. The highest BCUT2D eigenvalue weighted by Crippen LogP contribution is 2.21. The van der Waals surface area contributed by atoms with Gasteiger partial charge in [0.05, 0.1) is 22.4 Å². The van der Waals surface area contributed by atoms with Crippen LogP contribution in [0.5, 0.6) is 0 Å². The molecule has 6 heteroatoms. The van der Waals surface area contributed by atoms with E-state index in [1.165, 1.54) is 0 Å². The Bertz CT molecular complexity index is 1060. The van der Waals surface area contributed by atoms with Gasteiger partial charge in [-0.2, -0.15) is 0 Å². The summed E-state index contributed by atoms with van der Waals surface area (Å²) < 4.78 is 0. The lowest BCUT2D eigenvalue weighted by atomic mass is 10.0. The predicted molar refractivity (Wildman–Crippen MR) is 111 cm³/mol. The first-order chi connectivity index (χ1) is 14.0. The molecule has 1 aliphatic rings. The van der Waals surface area contributed by atoms with Crippen molar-refractivity contribution in [3.05, 3.63) is 71.0 Å². The fourth-order valence-corrected chi connectivity index (χ4v) is 3.64. The van der Waals surface area contributed by atoms with E-state index in [2.05, 4.69) is 15.3 Å². The molecule has 0 bridgehead atoms. The quantitative estimate of drug-likeness (QED) is 0.744. The van der Waals surface area contributed by atoms with Crippen molar-refractivity contribution >= 4 is 22.8 Å². The largest absolute Gasteiger partial charge is 0.341 e. The molecule has 2 heterocycles. The smallest absolute Gasteiger partial charge is 0.252 e. The number of benzene rings is 2. The minimum absolute atomic E-state index is 0.0610. The summed E-state index contributed by atoms with van der Waals surface area (Å²) in [6.07, 6.45) is 2.01. The molecule has 0 aliphatic carbocycles. The third-order valence-corrected chi connectivity index (χ3v) is 5.41. The zero-order valence-electron chi connectivity index (χ0n) is 16.7. The maximum Gasteiger partial charge on any atom is 0.252 e. The van der Waals surface area contributed by atoms with Gasteiger partial charge in [0, 0.05) is 18.7 Å². The lowest BCUT2D eigenvalue weighted by Crippen LogP contribution is -2.41. The second kappa shape index (κ2) is 7.99. The molecule has 1 fully saturated rings. The van der Waals surface area contributed by atoms with E-state index >= 15 is 0 Å². The highest BCUT2D eigenvalue weighted by Gasteiger charge is 2.29. The van der Waals surface area contributed by atoms with Crippen LogP contribution in [0, 0.1) is 13.8 Å². The van der Waals surface area contributed by atoms with Gasteiger partial charge in [-0.25, -0.2) is 9.97 Å². The molecule has 0 radical (unpaired) electrons. The molecule has 4 rings (SSSR count). The third kappa shape index (κ3) is 3.97. The Morgan fingerprint density at radius 2 is 1.59 bits per heavy atom. The molecule has 1 aliphatic heterocycles. The van der Waals surface area contributed by atoms with Crippen LogP contribution in [0.25, 0.3) is 11.0 Å². The Labute approximate surface area is 170 Å². The molecular formula is C23H24N4O2. The summed E-state index contributed by atoms with van der Waals surface area (Å²) in [5.74, 6) is -0.359. The van der Waals surface area contributed by atoms with Gasteiger partial charge in [-0.1, -0.05) is 30.3 Å². The van der Waals surface area contributed by atoms with Gasteiger partial charge >= 0.3 is 0 Å². The summed E-state index contributed by atoms with van der Waals surface area (Å²) in [6, 6.07) is 13.9. The molecule has 6 nitrogen and oxygen atoms in total. The number of nitrogens with one attached hydrogen (secondary N) is 1. The Morgan fingerprint density at radius 1 is 0.931 bits per heavy atom. The maximum atomic E-state index is 13.1. The van der Waals surface area contributed by atoms with E-state index in [1.807, 2.05) is 49.1 Å². The number of amides is 2. The highest BCUT2D eigenvalue weighted by molar-refractivity contribution is 6.00. The van der Waals surface area contributed by atoms with Crippen molar-refractivity contribution < 1.29 is 9.59 Å². The summed E-state index contributed by atoms with van der Waals surface area (Å²) in [5.41, 5.74) is 4.37. The SMILES string of the molecule is Cc1nc2ccc(C(=O)N[C@H](C(=O)N3CCCC3)c3ccccc3)cc2nc1C. The Hall–Kier alpha value is -3.28. The average Bonchev–Trinajstić information content (AvgIpc) is 3.27. The Kier molecular flexibility index (Phi) is 5.25. The van der Waals surface area contributed by atoms with Crippen LogP contribution in [0.1, 0.15) is 46.2 Å². The van der Waals surface area contributed by atoms with Gasteiger partial charge in [0.2, 0.25) is 5.91 Å². The number of aromatic nitrogens is 2. The zero-order chi connectivity index (χ0) is 20.4. The maximum absolute atomic E-state index is 13.1. The molecule has 2 amide bonds. The van der Waals surface area contributed by atoms with Crippen molar-refractivity contribution in [2.45, 2.75) is 32.7 Å². The van der Waals surface area contributed by atoms with Gasteiger partial charge in [-0.05, 0) is 50.5 Å². The number of fused-ring (bicyclic) bond motifs is 1. The Morgan fingerprint density at radius 3 is 2.28 bits per heavy atom. The molecule has 1 N–H and O–H groups in total. The first-order valence-electron chi connectivity index (χ1n) is 9.92. The number of rotatable bonds is 4. The van der Waals surface area contributed by atoms with Crippen molar-refractivity contribution in [2.24, 2.45) is 0 Å². The first-order valence-corrected chi connectivity index (χ1v) is 9.92. The third-order valence-electron chi connectivity index (χ3n) is 5.41. The second-order valence-electron chi connectivity index (χ2n) is 7.45. The molecule has 0 saturated carbocycles. The minimum Gasteiger partial charge on any atom is -0.341 e. The van der Waals surface area contributed by atoms with Crippen LogP contribution in [0.2, 0.25) is 0 Å². The number of hydrogen-bond donors (Lipinski definition) is 1. The average molecular weight is 388 g/mol. The van der Waals surface area contributed by atoms with E-state index < -0.39 is 6.04 Å². The van der Waals surface area contributed by atoms with Crippen LogP contribution in [-0.2, 0) is 4.79 Å². The molecule has 1 atom stereocenters. The van der Waals surface area contributed by atoms with E-state index in [0.29, 0.717) is 11.1 Å². The first kappa shape index (κ1) is 19.1. The number of nitrogens with zero attached hydrogens (tertiary/aromatic N) is 3. The predicted octanol–water partition coefficient (Wildman–Crippen LogP) is 3.34. The fourth-order valence-electron chi connectivity index (χ4n) is 3.64. The van der Waals surface area contributed by atoms with Gasteiger partial charge in [0.25, 0.3) is 5.91 Å². The van der Waals surface area contributed by atoms with Crippen LogP contribution in [-0.4, -0.2) is 39.8 Å². The van der Waals surface area contributed by atoms with E-state index in [4.69, 9.17) is 0 Å². The van der Waals surface area contributed by atoms with E-state index in [0.717, 1.165) is 48.4 Å². The lowest BCUT2D eigenvalue weighted by molar-refractivity contribution is -0.132. The van der Waals surface area contributed by atoms with Crippen LogP contribution >= 0.6 is 0 Å². The molecule has 0 spiro atoms. The monoisotopic (exact) mass is 388 g/mol. The van der Waals surface area contributed by atoms with Gasteiger partial charge in [0.1, 0.15) is 6.04 Å². The van der Waals surface area contributed by atoms with Crippen molar-refractivity contribution in [3.63, 3.8) is 0 Å². The summed E-state index contributed by atoms with van der Waals surface area (Å²) in [4.78, 5) is 37.0. The fraction of sp³-hybridized carbons (Fsp3) is 0.304. The van der Waals surface area contributed by atoms with Gasteiger partial charge < -0.3 is 10.2 Å². The molecular weight excluding hydrogens is 364 g/mol. The molecule has 148 valence electrons. The van der Waals surface area contributed by atoms with E-state index in [1.54, 1.807) is 18.2 Å². The standard InChI is InChI=1S/C23H24N4O2/c1-15-16(2)25-20-14-18(10-11-19(20)24-15)22(28)26-21(17-8-4-3-5-9-17)23(29)27-12-6-7-13-27/h3-5,8-11,14,21H,6-7,12-13H2,1-2H3,(H,26,28)/t21-/m0/s1. The number of aryl methyl sites for hydroxylation is 2. The number of carbonyl (C=O) groups is 2. The van der Waals surface area contributed by atoms with Crippen LogP contribution < -0.4 is 5.32 Å². The lowest BCUT2D eigenvalue weighted by Gasteiger charge is -2.24. The topological polar surface area (TPSA) is 75.2 Å². The van der Waals surface area contributed by atoms with Crippen LogP contribution in [0.3, 0.4) is 0 Å². The van der Waals surface area contributed by atoms with Gasteiger partial charge in [0.15, 0.2) is 0 Å². The summed E-state index contributed by atoms with van der Waals surface area (Å²) >= 11 is 0. The summed E-state index contributed by atoms with van der Waals surface area (Å²) in [5, 5.41) is 2.94. The number of hydrogen-bond acceptors (Lipinski definition) is 4. The zero-order valence-corrected chi connectivity index (χ0v) is 16.7. The van der Waals surface area contributed by atoms with E-state index in [9.17, 15) is 9.59 Å². The van der Waals surface area contributed by atoms with Crippen LogP contribution in [0.15, 0.2) is 48.5 Å². The number of carbonyl (C=O) groups excluding carboxylic acids is 2. The molecule has 3 aromatic rings. The normalized spacial score (nSPS) is 14.8. The van der Waals surface area contributed by atoms with E-state index in [-0.39, 0.29) is 11.8 Å². The summed E-state index contributed by atoms with van der Waals surface area (Å²) in [7, 11) is 0. The molecule has 0 unspecified atom stereocenters. The van der Waals surface area contributed by atoms with Crippen molar-refractivity contribution in [1.29, 1.82) is 0 Å². The molecule has 1 saturated heterocycles. The highest BCUT2D eigenvalue weighted by atomic mass is 16.2. The van der Waals surface area contributed by atoms with Crippen LogP contribution in [0.4, 0.5) is 0 Å².